The van der Waals surface area contributed by atoms with Gasteiger partial charge in [0.1, 0.15) is 0 Å². The van der Waals surface area contributed by atoms with Crippen molar-refractivity contribution in [2.45, 2.75) is 33.4 Å². The Morgan fingerprint density at radius 2 is 1.88 bits per heavy atom. The van der Waals surface area contributed by atoms with Gasteiger partial charge in [-0.3, -0.25) is 0 Å². The summed E-state index contributed by atoms with van der Waals surface area (Å²) in [6, 6.07) is 6.48. The summed E-state index contributed by atoms with van der Waals surface area (Å²) in [5.41, 5.74) is 4.09. The molecule has 1 aromatic rings. The van der Waals surface area contributed by atoms with Crippen LogP contribution in [0.2, 0.25) is 0 Å². The molecule has 1 unspecified atom stereocenters. The Bertz CT molecular complexity index is 350. The van der Waals surface area contributed by atoms with Crippen LogP contribution in [-0.2, 0) is 6.42 Å². The van der Waals surface area contributed by atoms with Gasteiger partial charge < -0.3 is 9.80 Å². The van der Waals surface area contributed by atoms with Crippen LogP contribution in [0.25, 0.3) is 0 Å². The van der Waals surface area contributed by atoms with Gasteiger partial charge in [0, 0.05) is 12.6 Å². The van der Waals surface area contributed by atoms with Crippen molar-refractivity contribution in [3.8, 4) is 0 Å². The Morgan fingerprint density at radius 1 is 1.25 bits per heavy atom. The Kier molecular flexibility index (Phi) is 3.98. The maximum Gasteiger partial charge on any atom is 0.158 e. The molecule has 0 spiro atoms. The first-order valence-electron chi connectivity index (χ1n) is 6.02. The number of benzene rings is 1. The van der Waals surface area contributed by atoms with Crippen LogP contribution in [0.3, 0.4) is 0 Å². The molecule has 1 rings (SSSR count). The number of rotatable bonds is 4. The number of anilines is 1. The molecule has 0 aliphatic carbocycles. The van der Waals surface area contributed by atoms with Gasteiger partial charge in [-0.25, -0.2) is 0 Å². The zero-order chi connectivity index (χ0) is 12.3. The summed E-state index contributed by atoms with van der Waals surface area (Å²) in [5.74, 6) is 0. The van der Waals surface area contributed by atoms with Gasteiger partial charge in [-0.05, 0) is 30.5 Å². The minimum absolute atomic E-state index is 0.409. The SMILES string of the molecule is CCc1c(C)cccc1NC(C)[N+](C)(C)C. The van der Waals surface area contributed by atoms with Crippen LogP contribution in [0.5, 0.6) is 0 Å². The number of nitrogens with zero attached hydrogens (tertiary/aromatic N) is 1. The minimum atomic E-state index is 0.409. The van der Waals surface area contributed by atoms with Gasteiger partial charge in [-0.2, -0.15) is 0 Å². The van der Waals surface area contributed by atoms with Gasteiger partial charge in [0.25, 0.3) is 0 Å². The van der Waals surface area contributed by atoms with E-state index in [1.165, 1.54) is 16.8 Å². The Balaban J connectivity index is 2.93. The first-order valence-corrected chi connectivity index (χ1v) is 6.02. The standard InChI is InChI=1S/C14H25N2/c1-7-13-11(2)9-8-10-14(13)15-12(3)16(4,5)6/h8-10,12,15H,7H2,1-6H3/q+1. The lowest BCUT2D eigenvalue weighted by Crippen LogP contribution is -2.47. The van der Waals surface area contributed by atoms with E-state index in [0.717, 1.165) is 10.9 Å². The number of aryl methyl sites for hydroxylation is 1. The molecule has 1 atom stereocenters. The first-order chi connectivity index (χ1) is 7.36. The summed E-state index contributed by atoms with van der Waals surface area (Å²) >= 11 is 0. The van der Waals surface area contributed by atoms with Gasteiger partial charge >= 0.3 is 0 Å². The lowest BCUT2D eigenvalue weighted by molar-refractivity contribution is -0.890. The summed E-state index contributed by atoms with van der Waals surface area (Å²) in [4.78, 5) is 0. The number of nitrogens with one attached hydrogen (secondary N) is 1. The molecule has 0 aromatic heterocycles. The Labute approximate surface area is 99.9 Å². The average Bonchev–Trinajstić information content (AvgIpc) is 2.16. The summed E-state index contributed by atoms with van der Waals surface area (Å²) in [5, 5.41) is 3.61. The molecule has 0 heterocycles. The minimum Gasteiger partial charge on any atom is -0.336 e. The van der Waals surface area contributed by atoms with Crippen molar-refractivity contribution in [3.05, 3.63) is 29.3 Å². The van der Waals surface area contributed by atoms with E-state index in [2.05, 4.69) is 65.4 Å². The van der Waals surface area contributed by atoms with Crippen molar-refractivity contribution in [1.82, 2.24) is 0 Å². The molecule has 2 nitrogen and oxygen atoms in total. The van der Waals surface area contributed by atoms with Crippen LogP contribution in [0.1, 0.15) is 25.0 Å². The van der Waals surface area contributed by atoms with Crippen LogP contribution in [0.15, 0.2) is 18.2 Å². The fourth-order valence-corrected chi connectivity index (χ4v) is 1.73. The molecule has 1 N–H and O–H groups in total. The molecule has 90 valence electrons. The molecule has 0 radical (unpaired) electrons. The zero-order valence-electron chi connectivity index (χ0n) is 11.5. The van der Waals surface area contributed by atoms with E-state index < -0.39 is 0 Å². The quantitative estimate of drug-likeness (QED) is 0.609. The molecular weight excluding hydrogens is 196 g/mol. The third-order valence-electron chi connectivity index (χ3n) is 3.29. The molecule has 0 saturated carbocycles. The summed E-state index contributed by atoms with van der Waals surface area (Å²) in [6.07, 6.45) is 1.49. The van der Waals surface area contributed by atoms with Crippen molar-refractivity contribution in [1.29, 1.82) is 0 Å². The van der Waals surface area contributed by atoms with Gasteiger partial charge in [0.05, 0.1) is 21.1 Å². The normalized spacial score (nSPS) is 13.6. The van der Waals surface area contributed by atoms with E-state index in [1.54, 1.807) is 0 Å². The van der Waals surface area contributed by atoms with Crippen LogP contribution < -0.4 is 5.32 Å². The molecule has 0 bridgehead atoms. The summed E-state index contributed by atoms with van der Waals surface area (Å²) in [6.45, 7) is 6.62. The van der Waals surface area contributed by atoms with Gasteiger partial charge in [-0.15, -0.1) is 0 Å². The fraction of sp³-hybridized carbons (Fsp3) is 0.571. The van der Waals surface area contributed by atoms with Gasteiger partial charge in [-0.1, -0.05) is 19.1 Å². The van der Waals surface area contributed by atoms with Gasteiger partial charge in [0.15, 0.2) is 6.17 Å². The molecule has 0 saturated heterocycles. The summed E-state index contributed by atoms with van der Waals surface area (Å²) in [7, 11) is 6.62. The lowest BCUT2D eigenvalue weighted by atomic mass is 10.0. The van der Waals surface area contributed by atoms with Crippen molar-refractivity contribution in [3.63, 3.8) is 0 Å². The van der Waals surface area contributed by atoms with E-state index in [0.29, 0.717) is 6.17 Å². The highest BCUT2D eigenvalue weighted by molar-refractivity contribution is 5.54. The van der Waals surface area contributed by atoms with Crippen molar-refractivity contribution >= 4 is 5.69 Å². The van der Waals surface area contributed by atoms with E-state index in [9.17, 15) is 0 Å². The zero-order valence-corrected chi connectivity index (χ0v) is 11.5. The second-order valence-corrected chi connectivity index (χ2v) is 5.39. The van der Waals surface area contributed by atoms with E-state index in [1.807, 2.05) is 0 Å². The highest BCUT2D eigenvalue weighted by Gasteiger charge is 2.18. The molecule has 16 heavy (non-hydrogen) atoms. The fourth-order valence-electron chi connectivity index (χ4n) is 1.73. The average molecular weight is 221 g/mol. The van der Waals surface area contributed by atoms with Crippen LogP contribution in [0.4, 0.5) is 5.69 Å². The van der Waals surface area contributed by atoms with E-state index >= 15 is 0 Å². The van der Waals surface area contributed by atoms with Crippen molar-refractivity contribution < 1.29 is 4.48 Å². The number of hydrogen-bond acceptors (Lipinski definition) is 1. The summed E-state index contributed by atoms with van der Waals surface area (Å²) < 4.78 is 0.914. The second-order valence-electron chi connectivity index (χ2n) is 5.39. The van der Waals surface area contributed by atoms with Crippen LogP contribution >= 0.6 is 0 Å². The molecule has 0 amide bonds. The lowest BCUT2D eigenvalue weighted by Gasteiger charge is -2.33. The number of quaternary nitrogens is 1. The third-order valence-corrected chi connectivity index (χ3v) is 3.29. The molecule has 0 fully saturated rings. The van der Waals surface area contributed by atoms with E-state index in [-0.39, 0.29) is 0 Å². The van der Waals surface area contributed by atoms with E-state index in [4.69, 9.17) is 0 Å². The molecule has 0 aliphatic heterocycles. The maximum atomic E-state index is 3.61. The highest BCUT2D eigenvalue weighted by Crippen LogP contribution is 2.21. The smallest absolute Gasteiger partial charge is 0.158 e. The number of hydrogen-bond donors (Lipinski definition) is 1. The molecule has 0 aliphatic rings. The highest BCUT2D eigenvalue weighted by atomic mass is 15.4. The van der Waals surface area contributed by atoms with Crippen LogP contribution in [0, 0.1) is 6.92 Å². The predicted molar refractivity (Wildman–Crippen MR) is 71.7 cm³/mol. The molecule has 2 heteroatoms. The molecule has 1 aromatic carbocycles. The predicted octanol–water partition coefficient (Wildman–Crippen LogP) is 3.02. The monoisotopic (exact) mass is 221 g/mol. The topological polar surface area (TPSA) is 12.0 Å². The van der Waals surface area contributed by atoms with Gasteiger partial charge in [0.2, 0.25) is 0 Å². The van der Waals surface area contributed by atoms with Crippen molar-refractivity contribution in [2.24, 2.45) is 0 Å². The Hall–Kier alpha value is -1.02. The first kappa shape index (κ1) is 13.0. The largest absolute Gasteiger partial charge is 0.336 e. The maximum absolute atomic E-state index is 3.61. The third kappa shape index (κ3) is 2.99. The Morgan fingerprint density at radius 3 is 2.38 bits per heavy atom. The van der Waals surface area contributed by atoms with Crippen LogP contribution in [-0.4, -0.2) is 31.8 Å². The second kappa shape index (κ2) is 4.88. The van der Waals surface area contributed by atoms with Crippen molar-refractivity contribution in [2.75, 3.05) is 26.5 Å². The molecular formula is C14H25N2+.